The van der Waals surface area contributed by atoms with Crippen molar-refractivity contribution in [2.75, 3.05) is 0 Å². The quantitative estimate of drug-likeness (QED) is 0.400. The Morgan fingerprint density at radius 2 is 1.43 bits per heavy atom. The van der Waals surface area contributed by atoms with Gasteiger partial charge in [-0.3, -0.25) is 0 Å². The van der Waals surface area contributed by atoms with Gasteiger partial charge in [0.2, 0.25) is 0 Å². The summed E-state index contributed by atoms with van der Waals surface area (Å²) in [5.41, 5.74) is 0. The van der Waals surface area contributed by atoms with Gasteiger partial charge in [0.05, 0.1) is 0 Å². The Morgan fingerprint density at radius 3 is 1.57 bits per heavy atom. The Bertz CT molecular complexity index is 19.7. The van der Waals surface area contributed by atoms with E-state index in [1.807, 2.05) is 0 Å². The Morgan fingerprint density at radius 1 is 0.857 bits per heavy atom. The summed E-state index contributed by atoms with van der Waals surface area (Å²) in [6, 6.07) is 0. The summed E-state index contributed by atoms with van der Waals surface area (Å²) in [5.74, 6) is 0. The number of hydrogen-bond acceptors (Lipinski definition) is 0. The van der Waals surface area contributed by atoms with E-state index < -0.39 is 0 Å². The van der Waals surface area contributed by atoms with Crippen molar-refractivity contribution in [1.82, 2.24) is 0 Å². The first kappa shape index (κ1) is 7.62. The van der Waals surface area contributed by atoms with Crippen molar-refractivity contribution in [3.63, 3.8) is 0 Å². The fourth-order valence-corrected chi connectivity index (χ4v) is 0.898. The third-order valence-corrected chi connectivity index (χ3v) is 1.32. The second-order valence-corrected chi connectivity index (χ2v) is 1.93. The molecule has 1 rings (SSSR count). The summed E-state index contributed by atoms with van der Waals surface area (Å²) in [5, 5.41) is 0. The molecule has 7 heavy (non-hydrogen) atoms. The predicted molar refractivity (Wildman–Crippen MR) is 27.4 cm³/mol. The average Bonchev–Trinajstić information content (AvgIpc) is 1.72. The zero-order chi connectivity index (χ0) is 4.24. The molecule has 0 amide bonds. The van der Waals surface area contributed by atoms with E-state index in [4.69, 9.17) is 0 Å². The van der Waals surface area contributed by atoms with Crippen molar-refractivity contribution in [1.29, 1.82) is 0 Å². The van der Waals surface area contributed by atoms with Crippen LogP contribution in [-0.2, 0) is 19.5 Å². The molecule has 0 bridgehead atoms. The molecule has 0 N–H and O–H groups in total. The summed E-state index contributed by atoms with van der Waals surface area (Å²) < 4.78 is 0. The molecule has 0 aromatic carbocycles. The van der Waals surface area contributed by atoms with Crippen LogP contribution in [0.2, 0.25) is 0 Å². The summed E-state index contributed by atoms with van der Waals surface area (Å²) >= 11 is 0. The Hall–Kier alpha value is 0.623. The SMILES string of the molecule is [CH-]1CCCCC1.[Ru+]. The van der Waals surface area contributed by atoms with Gasteiger partial charge in [0.15, 0.2) is 0 Å². The van der Waals surface area contributed by atoms with Crippen molar-refractivity contribution in [2.24, 2.45) is 0 Å². The molecule has 43 valence electrons. The summed E-state index contributed by atoms with van der Waals surface area (Å²) in [6.45, 7) is 0. The number of hydrogen-bond donors (Lipinski definition) is 0. The summed E-state index contributed by atoms with van der Waals surface area (Å²) in [6.07, 6.45) is 9.50. The minimum Gasteiger partial charge on any atom is -0.328 e. The van der Waals surface area contributed by atoms with E-state index in [0.29, 0.717) is 0 Å². The molecule has 1 aliphatic rings. The monoisotopic (exact) mass is 185 g/mol. The van der Waals surface area contributed by atoms with Gasteiger partial charge in [-0.05, 0) is 0 Å². The molecule has 1 radical (unpaired) electrons. The normalized spacial score (nSPS) is 20.6. The maximum Gasteiger partial charge on any atom is 1.00 e. The standard InChI is InChI=1S/C6H11.Ru/c1-2-4-6-5-3-1;/h1H,2-6H2;/q-1;+1. The number of rotatable bonds is 0. The molecule has 0 aromatic heterocycles. The minimum absolute atomic E-state index is 0. The molecule has 0 spiro atoms. The van der Waals surface area contributed by atoms with E-state index in [1.54, 1.807) is 0 Å². The largest absolute Gasteiger partial charge is 1.00 e. The van der Waals surface area contributed by atoms with Gasteiger partial charge in [-0.25, -0.2) is 0 Å². The molecule has 0 atom stereocenters. The predicted octanol–water partition coefficient (Wildman–Crippen LogP) is 2.15. The van der Waals surface area contributed by atoms with E-state index in [-0.39, 0.29) is 19.5 Å². The molecule has 1 heteroatoms. The van der Waals surface area contributed by atoms with Crippen LogP contribution in [0.4, 0.5) is 0 Å². The molecule has 0 saturated heterocycles. The fraction of sp³-hybridized carbons (Fsp3) is 0.833. The maximum absolute atomic E-state index is 2.39. The molecule has 1 fully saturated rings. The van der Waals surface area contributed by atoms with Gasteiger partial charge in [-0.15, -0.1) is 0 Å². The first-order chi connectivity index (χ1) is 3.00. The zero-order valence-corrected chi connectivity index (χ0v) is 6.20. The minimum atomic E-state index is 0. The van der Waals surface area contributed by atoms with Crippen molar-refractivity contribution < 1.29 is 19.5 Å². The van der Waals surface area contributed by atoms with Crippen LogP contribution in [0.3, 0.4) is 0 Å². The van der Waals surface area contributed by atoms with E-state index in [2.05, 4.69) is 6.42 Å². The molecule has 0 unspecified atom stereocenters. The third kappa shape index (κ3) is 3.23. The molecular weight excluding hydrogens is 173 g/mol. The van der Waals surface area contributed by atoms with E-state index >= 15 is 0 Å². The smallest absolute Gasteiger partial charge is 0.328 e. The van der Waals surface area contributed by atoms with Gasteiger partial charge in [0, 0.05) is 0 Å². The van der Waals surface area contributed by atoms with Gasteiger partial charge >= 0.3 is 19.5 Å². The van der Waals surface area contributed by atoms with Crippen LogP contribution < -0.4 is 0 Å². The van der Waals surface area contributed by atoms with Gasteiger partial charge in [0.1, 0.15) is 0 Å². The second-order valence-electron chi connectivity index (χ2n) is 1.93. The van der Waals surface area contributed by atoms with E-state index in [9.17, 15) is 0 Å². The third-order valence-electron chi connectivity index (χ3n) is 1.32. The first-order valence-electron chi connectivity index (χ1n) is 2.82. The molecule has 0 aromatic rings. The summed E-state index contributed by atoms with van der Waals surface area (Å²) in [4.78, 5) is 0. The zero-order valence-electron chi connectivity index (χ0n) is 4.47. The van der Waals surface area contributed by atoms with Gasteiger partial charge in [0.25, 0.3) is 0 Å². The van der Waals surface area contributed by atoms with Gasteiger partial charge < -0.3 is 6.42 Å². The van der Waals surface area contributed by atoms with Crippen molar-refractivity contribution in [2.45, 2.75) is 32.1 Å². The fourth-order valence-electron chi connectivity index (χ4n) is 0.898. The van der Waals surface area contributed by atoms with Crippen LogP contribution in [0.25, 0.3) is 0 Å². The molecule has 0 aliphatic heterocycles. The molecule has 0 nitrogen and oxygen atoms in total. The van der Waals surface area contributed by atoms with Crippen LogP contribution in [0.1, 0.15) is 32.1 Å². The van der Waals surface area contributed by atoms with E-state index in [0.717, 1.165) is 0 Å². The molecular formula is C6H11Ru. The first-order valence-corrected chi connectivity index (χ1v) is 2.82. The van der Waals surface area contributed by atoms with Crippen LogP contribution in [0.5, 0.6) is 0 Å². The van der Waals surface area contributed by atoms with Crippen LogP contribution in [0, 0.1) is 6.42 Å². The average molecular weight is 184 g/mol. The maximum atomic E-state index is 2.39. The Balaban J connectivity index is 0.000000360. The molecule has 1 saturated carbocycles. The van der Waals surface area contributed by atoms with Gasteiger partial charge in [-0.1, -0.05) is 19.3 Å². The van der Waals surface area contributed by atoms with E-state index in [1.165, 1.54) is 32.1 Å². The van der Waals surface area contributed by atoms with Crippen LogP contribution in [0.15, 0.2) is 0 Å². The van der Waals surface area contributed by atoms with Crippen molar-refractivity contribution in [3.05, 3.63) is 6.42 Å². The topological polar surface area (TPSA) is 0 Å². The second kappa shape index (κ2) is 4.77. The molecule has 0 heterocycles. The summed E-state index contributed by atoms with van der Waals surface area (Å²) in [7, 11) is 0. The van der Waals surface area contributed by atoms with Crippen LogP contribution in [-0.4, -0.2) is 0 Å². The Kier molecular flexibility index (Phi) is 5.20. The molecule has 1 aliphatic carbocycles. The van der Waals surface area contributed by atoms with Crippen molar-refractivity contribution >= 4 is 0 Å². The Labute approximate surface area is 58.4 Å². The van der Waals surface area contributed by atoms with Crippen molar-refractivity contribution in [3.8, 4) is 0 Å². The van der Waals surface area contributed by atoms with Crippen LogP contribution >= 0.6 is 0 Å². The van der Waals surface area contributed by atoms with Gasteiger partial charge in [-0.2, -0.15) is 12.8 Å².